The maximum atomic E-state index is 12.6. The molecule has 0 radical (unpaired) electrons. The molecular weight excluding hydrogens is 432 g/mol. The van der Waals surface area contributed by atoms with Crippen molar-refractivity contribution in [3.05, 3.63) is 82.8 Å². The van der Waals surface area contributed by atoms with Crippen LogP contribution in [0.3, 0.4) is 0 Å². The number of anilines is 2. The highest BCUT2D eigenvalue weighted by Crippen LogP contribution is 2.23. The van der Waals surface area contributed by atoms with Gasteiger partial charge in [-0.3, -0.25) is 9.52 Å². The van der Waals surface area contributed by atoms with Gasteiger partial charge in [0.1, 0.15) is 5.75 Å². The van der Waals surface area contributed by atoms with Crippen molar-refractivity contribution in [1.82, 2.24) is 0 Å². The minimum atomic E-state index is -3.86. The number of aromatic hydroxyl groups is 1. The van der Waals surface area contributed by atoms with Crippen LogP contribution in [0.2, 0.25) is 0 Å². The summed E-state index contributed by atoms with van der Waals surface area (Å²) in [7, 11) is -3.86. The molecule has 138 valence electrons. The van der Waals surface area contributed by atoms with Crippen LogP contribution in [0.15, 0.2) is 82.2 Å². The molecule has 0 atom stereocenters. The largest absolute Gasteiger partial charge is 0.506 e. The summed E-state index contributed by atoms with van der Waals surface area (Å²) < 4.78 is 28.5. The summed E-state index contributed by atoms with van der Waals surface area (Å²) >= 11 is 3.29. The second-order valence-corrected chi connectivity index (χ2v) is 8.21. The lowest BCUT2D eigenvalue weighted by Gasteiger charge is -2.10. The van der Waals surface area contributed by atoms with Crippen LogP contribution in [0.4, 0.5) is 11.4 Å². The molecule has 0 spiro atoms. The molecule has 8 heteroatoms. The summed E-state index contributed by atoms with van der Waals surface area (Å²) in [5.41, 5.74) is 0.794. The molecule has 3 N–H and O–H groups in total. The van der Waals surface area contributed by atoms with E-state index in [0.717, 1.165) is 4.47 Å². The molecular formula is C19H15BrN2O4S. The summed E-state index contributed by atoms with van der Waals surface area (Å²) in [6.45, 7) is 0. The van der Waals surface area contributed by atoms with Crippen molar-refractivity contribution in [2.75, 3.05) is 10.0 Å². The van der Waals surface area contributed by atoms with E-state index in [1.807, 2.05) is 0 Å². The van der Waals surface area contributed by atoms with E-state index in [9.17, 15) is 18.3 Å². The number of benzene rings is 3. The lowest BCUT2D eigenvalue weighted by atomic mass is 10.2. The van der Waals surface area contributed by atoms with Gasteiger partial charge in [0, 0.05) is 15.7 Å². The van der Waals surface area contributed by atoms with E-state index in [1.165, 1.54) is 30.3 Å². The zero-order chi connectivity index (χ0) is 19.4. The summed E-state index contributed by atoms with van der Waals surface area (Å²) in [5.74, 6) is -0.608. The van der Waals surface area contributed by atoms with Gasteiger partial charge in [0.05, 0.1) is 10.6 Å². The Morgan fingerprint density at radius 3 is 2.33 bits per heavy atom. The second-order valence-electron chi connectivity index (χ2n) is 5.61. The molecule has 0 bridgehead atoms. The number of hydrogen-bond donors (Lipinski definition) is 3. The Hall–Kier alpha value is -2.84. The SMILES string of the molecule is O=C(Nc1ccccc1O)c1cccc(S(=O)(=O)Nc2ccc(Br)cc2)c1. The van der Waals surface area contributed by atoms with Crippen LogP contribution in [0.1, 0.15) is 10.4 Å². The van der Waals surface area contributed by atoms with Gasteiger partial charge in [-0.2, -0.15) is 0 Å². The van der Waals surface area contributed by atoms with Gasteiger partial charge < -0.3 is 10.4 Å². The Labute approximate surface area is 165 Å². The van der Waals surface area contributed by atoms with E-state index < -0.39 is 15.9 Å². The van der Waals surface area contributed by atoms with Crippen LogP contribution >= 0.6 is 15.9 Å². The lowest BCUT2D eigenvalue weighted by Crippen LogP contribution is -2.16. The zero-order valence-corrected chi connectivity index (χ0v) is 16.3. The standard InChI is InChI=1S/C19H15BrN2O4S/c20-14-8-10-15(11-9-14)22-27(25,26)16-5-3-4-13(12-16)19(24)21-17-6-1-2-7-18(17)23/h1-12,22-23H,(H,21,24). The molecule has 0 aliphatic carbocycles. The number of halogens is 1. The van der Waals surface area contributed by atoms with Gasteiger partial charge in [-0.15, -0.1) is 0 Å². The Bertz CT molecular complexity index is 1080. The number of hydrogen-bond acceptors (Lipinski definition) is 4. The van der Waals surface area contributed by atoms with E-state index >= 15 is 0 Å². The summed E-state index contributed by atoms with van der Waals surface area (Å²) in [6, 6.07) is 18.6. The lowest BCUT2D eigenvalue weighted by molar-refractivity contribution is 0.102. The molecule has 0 heterocycles. The van der Waals surface area contributed by atoms with Gasteiger partial charge in [-0.05, 0) is 54.6 Å². The van der Waals surface area contributed by atoms with Crippen LogP contribution in [0.25, 0.3) is 0 Å². The van der Waals surface area contributed by atoms with Gasteiger partial charge in [0.2, 0.25) is 0 Å². The number of amides is 1. The molecule has 0 fully saturated rings. The first-order valence-corrected chi connectivity index (χ1v) is 10.1. The third-order valence-electron chi connectivity index (χ3n) is 3.66. The summed E-state index contributed by atoms with van der Waals surface area (Å²) in [5, 5.41) is 12.3. The van der Waals surface area contributed by atoms with Gasteiger partial charge >= 0.3 is 0 Å². The average molecular weight is 447 g/mol. The molecule has 3 rings (SSSR count). The predicted octanol–water partition coefficient (Wildman–Crippen LogP) is 4.21. The van der Waals surface area contributed by atoms with Gasteiger partial charge in [0.15, 0.2) is 0 Å². The number of nitrogens with one attached hydrogen (secondary N) is 2. The normalized spacial score (nSPS) is 11.0. The number of carbonyl (C=O) groups excluding carboxylic acids is 1. The van der Waals surface area contributed by atoms with Gasteiger partial charge in [-0.1, -0.05) is 34.1 Å². The number of rotatable bonds is 5. The monoisotopic (exact) mass is 446 g/mol. The Morgan fingerprint density at radius 1 is 0.926 bits per heavy atom. The molecule has 27 heavy (non-hydrogen) atoms. The number of phenols is 1. The molecule has 0 aliphatic heterocycles. The quantitative estimate of drug-likeness (QED) is 0.511. The third-order valence-corrected chi connectivity index (χ3v) is 5.56. The maximum absolute atomic E-state index is 12.6. The van der Waals surface area contributed by atoms with Crippen molar-refractivity contribution in [3.63, 3.8) is 0 Å². The van der Waals surface area contributed by atoms with E-state index in [2.05, 4.69) is 26.0 Å². The second kappa shape index (κ2) is 7.81. The van der Waals surface area contributed by atoms with Crippen molar-refractivity contribution in [1.29, 1.82) is 0 Å². The smallest absolute Gasteiger partial charge is 0.261 e. The van der Waals surface area contributed by atoms with Gasteiger partial charge in [-0.25, -0.2) is 8.42 Å². The van der Waals surface area contributed by atoms with Crippen molar-refractivity contribution in [3.8, 4) is 5.75 Å². The fourth-order valence-electron chi connectivity index (χ4n) is 2.31. The Balaban J connectivity index is 1.83. The van der Waals surface area contributed by atoms with Crippen LogP contribution in [-0.4, -0.2) is 19.4 Å². The molecule has 1 amide bonds. The number of para-hydroxylation sites is 2. The van der Waals surface area contributed by atoms with Crippen LogP contribution in [0.5, 0.6) is 5.75 Å². The fourth-order valence-corrected chi connectivity index (χ4v) is 3.68. The summed E-state index contributed by atoms with van der Waals surface area (Å²) in [6.07, 6.45) is 0. The zero-order valence-electron chi connectivity index (χ0n) is 13.9. The number of phenolic OH excluding ortho intramolecular Hbond substituents is 1. The molecule has 3 aromatic carbocycles. The maximum Gasteiger partial charge on any atom is 0.261 e. The molecule has 0 saturated heterocycles. The van der Waals surface area contributed by atoms with Crippen molar-refractivity contribution < 1.29 is 18.3 Å². The fraction of sp³-hybridized carbons (Fsp3) is 0. The first kappa shape index (κ1) is 18.9. The minimum absolute atomic E-state index is 0.0460. The highest BCUT2D eigenvalue weighted by Gasteiger charge is 2.17. The molecule has 0 aliphatic rings. The Kier molecular flexibility index (Phi) is 5.48. The van der Waals surface area contributed by atoms with Crippen LogP contribution < -0.4 is 10.0 Å². The third kappa shape index (κ3) is 4.66. The van der Waals surface area contributed by atoms with Crippen molar-refractivity contribution in [2.24, 2.45) is 0 Å². The van der Waals surface area contributed by atoms with Crippen molar-refractivity contribution >= 4 is 43.2 Å². The topological polar surface area (TPSA) is 95.5 Å². The van der Waals surface area contributed by atoms with Gasteiger partial charge in [0.25, 0.3) is 15.9 Å². The number of carbonyl (C=O) groups is 1. The van der Waals surface area contributed by atoms with Crippen molar-refractivity contribution in [2.45, 2.75) is 4.90 Å². The molecule has 3 aromatic rings. The first-order chi connectivity index (χ1) is 12.8. The molecule has 0 aromatic heterocycles. The van der Waals surface area contributed by atoms with E-state index in [4.69, 9.17) is 0 Å². The van der Waals surface area contributed by atoms with E-state index in [-0.39, 0.29) is 21.9 Å². The predicted molar refractivity (Wildman–Crippen MR) is 107 cm³/mol. The van der Waals surface area contributed by atoms with Crippen LogP contribution in [-0.2, 0) is 10.0 Å². The molecule has 6 nitrogen and oxygen atoms in total. The van der Waals surface area contributed by atoms with E-state index in [1.54, 1.807) is 42.5 Å². The van der Waals surface area contributed by atoms with E-state index in [0.29, 0.717) is 5.69 Å². The highest BCUT2D eigenvalue weighted by molar-refractivity contribution is 9.10. The first-order valence-electron chi connectivity index (χ1n) is 7.83. The summed E-state index contributed by atoms with van der Waals surface area (Å²) in [4.78, 5) is 12.4. The minimum Gasteiger partial charge on any atom is -0.506 e. The number of sulfonamides is 1. The highest BCUT2D eigenvalue weighted by atomic mass is 79.9. The Morgan fingerprint density at radius 2 is 1.63 bits per heavy atom. The average Bonchev–Trinajstić information content (AvgIpc) is 2.65. The molecule has 0 saturated carbocycles. The van der Waals surface area contributed by atoms with Crippen LogP contribution in [0, 0.1) is 0 Å². The molecule has 0 unspecified atom stereocenters.